The summed E-state index contributed by atoms with van der Waals surface area (Å²) in [5.41, 5.74) is -2.60. The van der Waals surface area contributed by atoms with Gasteiger partial charge in [0.1, 0.15) is 0 Å². The Labute approximate surface area is 146 Å². The number of hydrogen-bond donors (Lipinski definition) is 1. The molecule has 0 aliphatic rings. The molecule has 2 atom stereocenters. The Morgan fingerprint density at radius 1 is 1.00 bits per heavy atom. The van der Waals surface area contributed by atoms with Crippen LogP contribution >= 0.6 is 0 Å². The monoisotopic (exact) mass is 396 g/mol. The van der Waals surface area contributed by atoms with Crippen molar-refractivity contribution in [2.45, 2.75) is 47.6 Å². The van der Waals surface area contributed by atoms with Gasteiger partial charge in [0.2, 0.25) is 25.5 Å². The lowest BCUT2D eigenvalue weighted by Crippen LogP contribution is -2.27. The minimum atomic E-state index is -4.22. The number of hydrogen-bond acceptors (Lipinski definition) is 9. The molecular weight excluding hydrogens is 376 g/mol. The molecule has 0 radical (unpaired) electrons. The van der Waals surface area contributed by atoms with Gasteiger partial charge in [0, 0.05) is 20.3 Å². The summed E-state index contributed by atoms with van der Waals surface area (Å²) < 4.78 is 59.8. The van der Waals surface area contributed by atoms with Crippen molar-refractivity contribution >= 4 is 25.6 Å². The van der Waals surface area contributed by atoms with E-state index in [1.165, 1.54) is 14.2 Å². The second-order valence-electron chi connectivity index (χ2n) is 4.91. The van der Waals surface area contributed by atoms with Gasteiger partial charge in [0.15, 0.2) is 20.9 Å². The molecular formula is C13H20N2O8S2. The fraction of sp³-hybridized carbons (Fsp3) is 0.615. The summed E-state index contributed by atoms with van der Waals surface area (Å²) >= 11 is 0. The number of carboxylic acids is 1. The fourth-order valence-corrected chi connectivity index (χ4v) is 5.06. The van der Waals surface area contributed by atoms with E-state index < -0.39 is 52.4 Å². The molecule has 0 aliphatic carbocycles. The smallest absolute Gasteiger partial charge is 0.374 e. The molecule has 1 heterocycles. The van der Waals surface area contributed by atoms with E-state index in [9.17, 15) is 21.6 Å². The van der Waals surface area contributed by atoms with Gasteiger partial charge in [-0.2, -0.15) is 0 Å². The van der Waals surface area contributed by atoms with Crippen molar-refractivity contribution in [2.75, 3.05) is 14.2 Å². The molecule has 1 rings (SSSR count). The number of aromatic carboxylic acids is 1. The van der Waals surface area contributed by atoms with E-state index in [4.69, 9.17) is 14.6 Å². The van der Waals surface area contributed by atoms with E-state index in [1.807, 2.05) is 0 Å². The number of aromatic nitrogens is 2. The van der Waals surface area contributed by atoms with Crippen LogP contribution < -0.4 is 0 Å². The van der Waals surface area contributed by atoms with E-state index in [-0.39, 0.29) is 12.8 Å². The zero-order valence-corrected chi connectivity index (χ0v) is 15.8. The first kappa shape index (κ1) is 21.4. The lowest BCUT2D eigenvalue weighted by molar-refractivity contribution is 0.0681. The maximum Gasteiger partial charge on any atom is 0.374 e. The third-order valence-electron chi connectivity index (χ3n) is 3.34. The summed E-state index contributed by atoms with van der Waals surface area (Å²) in [4.78, 5) is 18.1. The van der Waals surface area contributed by atoms with Crippen molar-refractivity contribution in [1.29, 1.82) is 0 Å². The summed E-state index contributed by atoms with van der Waals surface area (Å²) in [7, 11) is -6.11. The first-order valence-corrected chi connectivity index (χ1v) is 10.3. The van der Waals surface area contributed by atoms with Gasteiger partial charge in [-0.3, -0.25) is 0 Å². The lowest BCUT2D eigenvalue weighted by Gasteiger charge is -2.16. The van der Waals surface area contributed by atoms with Crippen molar-refractivity contribution in [1.82, 2.24) is 9.97 Å². The van der Waals surface area contributed by atoms with Crippen LogP contribution in [0.15, 0.2) is 16.1 Å². The highest BCUT2D eigenvalue weighted by atomic mass is 32.2. The maximum atomic E-state index is 12.5. The van der Waals surface area contributed by atoms with Crippen LogP contribution in [-0.4, -0.2) is 63.0 Å². The lowest BCUT2D eigenvalue weighted by atomic mass is 10.5. The van der Waals surface area contributed by atoms with Crippen LogP contribution in [-0.2, 0) is 29.1 Å². The van der Waals surface area contributed by atoms with Gasteiger partial charge in [-0.05, 0) is 12.8 Å². The van der Waals surface area contributed by atoms with Crippen LogP contribution in [0.2, 0.25) is 0 Å². The Bertz CT molecular complexity index is 767. The Balaban J connectivity index is 3.70. The Hall–Kier alpha value is -1.63. The largest absolute Gasteiger partial charge is 0.475 e. The van der Waals surface area contributed by atoms with Gasteiger partial charge in [-0.25, -0.2) is 31.6 Å². The second-order valence-corrected chi connectivity index (χ2v) is 8.98. The number of methoxy groups -OCH3 is 2. The van der Waals surface area contributed by atoms with Crippen molar-refractivity contribution in [3.63, 3.8) is 0 Å². The summed E-state index contributed by atoms with van der Waals surface area (Å²) in [6, 6.07) is 0.723. The zero-order valence-electron chi connectivity index (χ0n) is 14.2. The molecule has 142 valence electrons. The molecule has 0 saturated carbocycles. The predicted molar refractivity (Wildman–Crippen MR) is 85.5 cm³/mol. The first-order chi connectivity index (χ1) is 11.6. The Morgan fingerprint density at radius 3 is 1.60 bits per heavy atom. The van der Waals surface area contributed by atoms with Gasteiger partial charge in [-0.15, -0.1) is 0 Å². The number of sulfone groups is 2. The third kappa shape index (κ3) is 4.32. The van der Waals surface area contributed by atoms with Gasteiger partial charge >= 0.3 is 5.97 Å². The molecule has 0 aromatic carbocycles. The van der Waals surface area contributed by atoms with Crippen LogP contribution in [0.5, 0.6) is 0 Å². The van der Waals surface area contributed by atoms with E-state index in [0.29, 0.717) is 0 Å². The average Bonchev–Trinajstić information content (AvgIpc) is 2.56. The van der Waals surface area contributed by atoms with E-state index in [2.05, 4.69) is 9.97 Å². The Kier molecular flexibility index (Phi) is 6.99. The highest BCUT2D eigenvalue weighted by Gasteiger charge is 2.34. The van der Waals surface area contributed by atoms with Gasteiger partial charge in [0.25, 0.3) is 0 Å². The molecule has 0 spiro atoms. The molecule has 2 unspecified atom stereocenters. The number of nitrogens with zero attached hydrogens (tertiary/aromatic N) is 2. The van der Waals surface area contributed by atoms with Crippen molar-refractivity contribution < 1.29 is 36.2 Å². The Morgan fingerprint density at radius 2 is 1.36 bits per heavy atom. The minimum Gasteiger partial charge on any atom is -0.475 e. The molecule has 1 N–H and O–H groups in total. The highest BCUT2D eigenvalue weighted by Crippen LogP contribution is 2.23. The first-order valence-electron chi connectivity index (χ1n) is 7.21. The maximum absolute atomic E-state index is 12.5. The molecule has 0 aliphatic heterocycles. The topological polar surface area (TPSA) is 150 Å². The molecule has 12 heteroatoms. The van der Waals surface area contributed by atoms with Crippen LogP contribution in [0.3, 0.4) is 0 Å². The quantitative estimate of drug-likeness (QED) is 0.584. The number of rotatable bonds is 9. The van der Waals surface area contributed by atoms with Crippen molar-refractivity contribution in [3.05, 3.63) is 11.9 Å². The number of carbonyl (C=O) groups is 1. The second kappa shape index (κ2) is 8.17. The number of ether oxygens (including phenoxy) is 2. The van der Waals surface area contributed by atoms with Crippen LogP contribution in [0.25, 0.3) is 0 Å². The number of carboxylic acid groups (broad SMARTS) is 1. The summed E-state index contributed by atoms with van der Waals surface area (Å²) in [5, 5.41) is 7.62. The third-order valence-corrected chi connectivity index (χ3v) is 7.36. The molecule has 1 aromatic heterocycles. The molecule has 0 bridgehead atoms. The fourth-order valence-electron chi connectivity index (χ4n) is 2.09. The van der Waals surface area contributed by atoms with E-state index in [0.717, 1.165) is 6.07 Å². The standard InChI is InChI=1S/C13H20N2O8S2/c1-5-10(22-3)24(18,19)8-7-9(15-12(14-8)13(16)17)25(20,21)11(6-2)23-4/h7,10-11H,5-6H2,1-4H3,(H,16,17). The molecule has 1 aromatic rings. The van der Waals surface area contributed by atoms with E-state index >= 15 is 0 Å². The molecule has 10 nitrogen and oxygen atoms in total. The minimum absolute atomic E-state index is 0.0585. The average molecular weight is 396 g/mol. The molecule has 0 amide bonds. The van der Waals surface area contributed by atoms with Crippen LogP contribution in [0.4, 0.5) is 0 Å². The summed E-state index contributed by atoms with van der Waals surface area (Å²) in [6.07, 6.45) is 0.117. The van der Waals surface area contributed by atoms with Crippen LogP contribution in [0, 0.1) is 0 Å². The summed E-state index contributed by atoms with van der Waals surface area (Å²) in [5.74, 6) is -2.61. The summed E-state index contributed by atoms with van der Waals surface area (Å²) in [6.45, 7) is 3.08. The van der Waals surface area contributed by atoms with Crippen molar-refractivity contribution in [2.24, 2.45) is 0 Å². The van der Waals surface area contributed by atoms with Gasteiger partial charge < -0.3 is 14.6 Å². The van der Waals surface area contributed by atoms with Crippen molar-refractivity contribution in [3.8, 4) is 0 Å². The van der Waals surface area contributed by atoms with E-state index in [1.54, 1.807) is 13.8 Å². The molecule has 25 heavy (non-hydrogen) atoms. The highest BCUT2D eigenvalue weighted by molar-refractivity contribution is 7.92. The zero-order chi connectivity index (χ0) is 19.4. The molecule has 0 fully saturated rings. The normalized spacial score (nSPS) is 14.9. The van der Waals surface area contributed by atoms with Gasteiger partial charge in [-0.1, -0.05) is 13.8 Å². The van der Waals surface area contributed by atoms with Gasteiger partial charge in [0.05, 0.1) is 0 Å². The molecule has 0 saturated heterocycles. The SMILES string of the molecule is CCC(OC)S(=O)(=O)c1cc(S(=O)(=O)C(CC)OC)nc(C(=O)O)n1. The predicted octanol–water partition coefficient (Wildman–Crippen LogP) is 0.487. The van der Waals surface area contributed by atoms with Crippen LogP contribution in [0.1, 0.15) is 37.3 Å².